The van der Waals surface area contributed by atoms with E-state index in [-0.39, 0.29) is 18.2 Å². The number of aryl methyl sites for hydroxylation is 1. The first-order valence-electron chi connectivity index (χ1n) is 10.2. The highest BCUT2D eigenvalue weighted by Gasteiger charge is 2.40. The summed E-state index contributed by atoms with van der Waals surface area (Å²) in [5, 5.41) is 1.16. The summed E-state index contributed by atoms with van der Waals surface area (Å²) in [5.74, 6) is 0. The highest BCUT2D eigenvalue weighted by Crippen LogP contribution is 2.39. The highest BCUT2D eigenvalue weighted by atomic mass is 16.6. The third-order valence-corrected chi connectivity index (χ3v) is 6.01. The van der Waals surface area contributed by atoms with Crippen molar-refractivity contribution in [1.29, 1.82) is 0 Å². The van der Waals surface area contributed by atoms with E-state index in [1.807, 2.05) is 42.2 Å². The maximum absolute atomic E-state index is 12.7. The molecule has 1 fully saturated rings. The van der Waals surface area contributed by atoms with Crippen molar-refractivity contribution in [2.75, 3.05) is 0 Å². The zero-order chi connectivity index (χ0) is 19.8. The van der Waals surface area contributed by atoms with Crippen LogP contribution in [0.1, 0.15) is 36.1 Å². The molecule has 2 unspecified atom stereocenters. The van der Waals surface area contributed by atoms with Gasteiger partial charge in [0.2, 0.25) is 0 Å². The fraction of sp³-hybridized carbons (Fsp3) is 0.280. The van der Waals surface area contributed by atoms with Crippen molar-refractivity contribution in [3.8, 4) is 0 Å². The quantitative estimate of drug-likeness (QED) is 0.599. The first-order valence-corrected chi connectivity index (χ1v) is 10.2. The zero-order valence-corrected chi connectivity index (χ0v) is 16.5. The van der Waals surface area contributed by atoms with Gasteiger partial charge in [-0.3, -0.25) is 9.88 Å². The Morgan fingerprint density at radius 1 is 1.10 bits per heavy atom. The SMILES string of the molecule is Cc1ccc2cc(C3=CC4CCC(C3)N4C(=O)OCc3ccccc3)ccc2n1. The molecule has 5 rings (SSSR count). The lowest BCUT2D eigenvalue weighted by Gasteiger charge is -2.33. The second-order valence-electron chi connectivity index (χ2n) is 8.00. The Morgan fingerprint density at radius 2 is 1.97 bits per heavy atom. The molecule has 0 saturated carbocycles. The van der Waals surface area contributed by atoms with Crippen LogP contribution in [-0.4, -0.2) is 28.1 Å². The van der Waals surface area contributed by atoms with Crippen LogP contribution in [0.25, 0.3) is 16.5 Å². The molecular formula is C25H24N2O2. The van der Waals surface area contributed by atoms with Gasteiger partial charge in [0, 0.05) is 17.1 Å². The highest BCUT2D eigenvalue weighted by molar-refractivity contribution is 5.84. The van der Waals surface area contributed by atoms with Crippen LogP contribution in [0.3, 0.4) is 0 Å². The third-order valence-electron chi connectivity index (χ3n) is 6.01. The smallest absolute Gasteiger partial charge is 0.410 e. The molecule has 0 N–H and O–H groups in total. The minimum absolute atomic E-state index is 0.124. The van der Waals surface area contributed by atoms with Gasteiger partial charge in [-0.15, -0.1) is 0 Å². The van der Waals surface area contributed by atoms with E-state index in [0.717, 1.165) is 41.4 Å². The summed E-state index contributed by atoms with van der Waals surface area (Å²) in [6.45, 7) is 2.34. The molecule has 3 heterocycles. The molecule has 3 aromatic rings. The lowest BCUT2D eigenvalue weighted by Crippen LogP contribution is -2.43. The van der Waals surface area contributed by atoms with Crippen LogP contribution < -0.4 is 0 Å². The number of nitrogens with zero attached hydrogens (tertiary/aromatic N) is 2. The molecule has 146 valence electrons. The van der Waals surface area contributed by atoms with Gasteiger partial charge in [0.25, 0.3) is 0 Å². The zero-order valence-electron chi connectivity index (χ0n) is 16.5. The van der Waals surface area contributed by atoms with Crippen LogP contribution in [-0.2, 0) is 11.3 Å². The number of rotatable bonds is 3. The summed E-state index contributed by atoms with van der Waals surface area (Å²) in [6, 6.07) is 20.8. The van der Waals surface area contributed by atoms with E-state index < -0.39 is 0 Å². The molecular weight excluding hydrogens is 360 g/mol. The van der Waals surface area contributed by atoms with Crippen molar-refractivity contribution in [1.82, 2.24) is 9.88 Å². The first kappa shape index (κ1) is 17.9. The van der Waals surface area contributed by atoms with E-state index in [9.17, 15) is 4.79 Å². The van der Waals surface area contributed by atoms with E-state index in [2.05, 4.69) is 41.4 Å². The molecule has 0 aliphatic carbocycles. The number of amides is 1. The molecule has 4 nitrogen and oxygen atoms in total. The average Bonchev–Trinajstić information content (AvgIpc) is 3.02. The summed E-state index contributed by atoms with van der Waals surface area (Å²) >= 11 is 0. The maximum atomic E-state index is 12.7. The summed E-state index contributed by atoms with van der Waals surface area (Å²) in [6.07, 6.45) is 4.97. The molecule has 1 amide bonds. The van der Waals surface area contributed by atoms with Gasteiger partial charge in [0.05, 0.1) is 11.6 Å². The molecule has 1 aromatic heterocycles. The summed E-state index contributed by atoms with van der Waals surface area (Å²) in [7, 11) is 0. The number of hydrogen-bond donors (Lipinski definition) is 0. The van der Waals surface area contributed by atoms with Gasteiger partial charge in [-0.2, -0.15) is 0 Å². The molecule has 2 aromatic carbocycles. The Morgan fingerprint density at radius 3 is 2.79 bits per heavy atom. The molecule has 4 heteroatoms. The molecule has 1 saturated heterocycles. The predicted octanol–water partition coefficient (Wildman–Crippen LogP) is 5.50. The monoisotopic (exact) mass is 384 g/mol. The Kier molecular flexibility index (Phi) is 4.55. The Bertz CT molecular complexity index is 1090. The number of carbonyl (C=O) groups excluding carboxylic acids is 1. The normalized spacial score (nSPS) is 20.6. The molecule has 2 aliphatic rings. The van der Waals surface area contributed by atoms with Gasteiger partial charge in [-0.1, -0.05) is 48.5 Å². The van der Waals surface area contributed by atoms with Gasteiger partial charge in [0.15, 0.2) is 0 Å². The van der Waals surface area contributed by atoms with E-state index in [0.29, 0.717) is 6.61 Å². The van der Waals surface area contributed by atoms with Gasteiger partial charge in [-0.25, -0.2) is 4.79 Å². The minimum Gasteiger partial charge on any atom is -0.445 e. The summed E-state index contributed by atoms with van der Waals surface area (Å²) < 4.78 is 5.61. The topological polar surface area (TPSA) is 42.4 Å². The molecule has 29 heavy (non-hydrogen) atoms. The van der Waals surface area contributed by atoms with Crippen LogP contribution >= 0.6 is 0 Å². The maximum Gasteiger partial charge on any atom is 0.410 e. The van der Waals surface area contributed by atoms with E-state index >= 15 is 0 Å². The number of aromatic nitrogens is 1. The number of hydrogen-bond acceptors (Lipinski definition) is 3. The van der Waals surface area contributed by atoms with Crippen molar-refractivity contribution >= 4 is 22.6 Å². The van der Waals surface area contributed by atoms with Crippen LogP contribution in [0.15, 0.2) is 66.7 Å². The largest absolute Gasteiger partial charge is 0.445 e. The van der Waals surface area contributed by atoms with Gasteiger partial charge in [0.1, 0.15) is 6.61 Å². The van der Waals surface area contributed by atoms with E-state index in [1.165, 1.54) is 11.1 Å². The summed E-state index contributed by atoms with van der Waals surface area (Å²) in [4.78, 5) is 19.3. The van der Waals surface area contributed by atoms with Crippen molar-refractivity contribution in [2.24, 2.45) is 0 Å². The van der Waals surface area contributed by atoms with E-state index in [4.69, 9.17) is 4.74 Å². The number of carbonyl (C=O) groups is 1. The first-order chi connectivity index (χ1) is 14.2. The lowest BCUT2D eigenvalue weighted by atomic mass is 9.94. The second kappa shape index (κ2) is 7.36. The molecule has 2 atom stereocenters. The van der Waals surface area contributed by atoms with Gasteiger partial charge >= 0.3 is 6.09 Å². The molecule has 0 spiro atoms. The fourth-order valence-electron chi connectivity index (χ4n) is 4.55. The number of ether oxygens (including phenoxy) is 1. The number of benzene rings is 2. The van der Waals surface area contributed by atoms with Crippen LogP contribution in [0.2, 0.25) is 0 Å². The van der Waals surface area contributed by atoms with Gasteiger partial charge < -0.3 is 4.74 Å². The lowest BCUT2D eigenvalue weighted by molar-refractivity contribution is 0.0832. The predicted molar refractivity (Wildman–Crippen MR) is 114 cm³/mol. The molecule has 2 bridgehead atoms. The Hall–Kier alpha value is -3.14. The number of fused-ring (bicyclic) bond motifs is 3. The van der Waals surface area contributed by atoms with Crippen molar-refractivity contribution in [2.45, 2.75) is 44.9 Å². The van der Waals surface area contributed by atoms with E-state index in [1.54, 1.807) is 0 Å². The standard InChI is InChI=1S/C25H24N2O2/c1-17-7-8-20-13-19(9-12-24(20)26-17)21-14-22-10-11-23(15-21)27(22)25(28)29-16-18-5-3-2-4-6-18/h2-9,12-14,22-23H,10-11,15-16H2,1H3. The van der Waals surface area contributed by atoms with Crippen molar-refractivity contribution in [3.63, 3.8) is 0 Å². The van der Waals surface area contributed by atoms with Crippen LogP contribution in [0.5, 0.6) is 0 Å². The van der Waals surface area contributed by atoms with Crippen molar-refractivity contribution in [3.05, 3.63) is 83.6 Å². The fourth-order valence-corrected chi connectivity index (χ4v) is 4.55. The molecule has 0 radical (unpaired) electrons. The number of pyridine rings is 1. The van der Waals surface area contributed by atoms with Crippen LogP contribution in [0.4, 0.5) is 4.79 Å². The summed E-state index contributed by atoms with van der Waals surface area (Å²) in [5.41, 5.74) is 5.63. The second-order valence-corrected chi connectivity index (χ2v) is 8.00. The Labute approximate surface area is 170 Å². The third kappa shape index (κ3) is 3.51. The van der Waals surface area contributed by atoms with Crippen molar-refractivity contribution < 1.29 is 9.53 Å². The molecule has 2 aliphatic heterocycles. The van der Waals surface area contributed by atoms with Crippen LogP contribution in [0, 0.1) is 6.92 Å². The Balaban J connectivity index is 1.34. The minimum atomic E-state index is -0.199. The van der Waals surface area contributed by atoms with Gasteiger partial charge in [-0.05, 0) is 61.1 Å². The average molecular weight is 384 g/mol.